The summed E-state index contributed by atoms with van der Waals surface area (Å²) in [6, 6.07) is 7.98. The number of piperazine rings is 1. The van der Waals surface area contributed by atoms with E-state index in [-0.39, 0.29) is 12.5 Å². The molecule has 1 aliphatic rings. The third kappa shape index (κ3) is 3.69. The molecule has 4 heteroatoms. The summed E-state index contributed by atoms with van der Waals surface area (Å²) in [5, 5.41) is 9.69. The molecule has 106 valence electrons. The fraction of sp³-hybridized carbons (Fsp3) is 0.600. The van der Waals surface area contributed by atoms with E-state index in [0.717, 1.165) is 44.0 Å². The van der Waals surface area contributed by atoms with Crippen molar-refractivity contribution in [3.63, 3.8) is 0 Å². The van der Waals surface area contributed by atoms with Crippen LogP contribution in [0.3, 0.4) is 0 Å². The van der Waals surface area contributed by atoms with Gasteiger partial charge in [-0.3, -0.25) is 0 Å². The van der Waals surface area contributed by atoms with Crippen molar-refractivity contribution in [2.45, 2.75) is 5.92 Å². The van der Waals surface area contributed by atoms with Crippen molar-refractivity contribution in [1.82, 2.24) is 9.80 Å². The molecule has 1 aromatic rings. The van der Waals surface area contributed by atoms with Crippen LogP contribution in [-0.2, 0) is 0 Å². The Morgan fingerprint density at radius 3 is 2.53 bits per heavy atom. The predicted molar refractivity (Wildman–Crippen MR) is 76.8 cm³/mol. The molecule has 0 amide bonds. The number of benzene rings is 1. The highest BCUT2D eigenvalue weighted by molar-refractivity contribution is 5.36. The van der Waals surface area contributed by atoms with E-state index in [1.54, 1.807) is 7.11 Å². The monoisotopic (exact) mass is 264 g/mol. The zero-order chi connectivity index (χ0) is 13.7. The number of hydrogen-bond donors (Lipinski definition) is 1. The third-order valence-electron chi connectivity index (χ3n) is 3.87. The Balaban J connectivity index is 2.03. The summed E-state index contributed by atoms with van der Waals surface area (Å²) in [4.78, 5) is 4.76. The summed E-state index contributed by atoms with van der Waals surface area (Å²) >= 11 is 0. The Kier molecular flexibility index (Phi) is 5.19. The van der Waals surface area contributed by atoms with Gasteiger partial charge in [-0.2, -0.15) is 0 Å². The van der Waals surface area contributed by atoms with Crippen LogP contribution in [0.4, 0.5) is 0 Å². The molecule has 1 aliphatic heterocycles. The van der Waals surface area contributed by atoms with Gasteiger partial charge in [0.05, 0.1) is 13.7 Å². The Morgan fingerprint density at radius 1 is 1.21 bits per heavy atom. The molecule has 0 aromatic heterocycles. The van der Waals surface area contributed by atoms with E-state index in [4.69, 9.17) is 4.74 Å². The van der Waals surface area contributed by atoms with Crippen LogP contribution in [0.5, 0.6) is 5.75 Å². The molecule has 2 rings (SSSR count). The summed E-state index contributed by atoms with van der Waals surface area (Å²) in [5.74, 6) is 0.996. The molecule has 1 fully saturated rings. The van der Waals surface area contributed by atoms with Crippen molar-refractivity contribution >= 4 is 0 Å². The second-order valence-electron chi connectivity index (χ2n) is 5.23. The van der Waals surface area contributed by atoms with Crippen LogP contribution in [0.25, 0.3) is 0 Å². The SMILES string of the molecule is COc1ccccc1C(CO)CN1CCN(C)CC1. The molecule has 1 saturated heterocycles. The number of para-hydroxylation sites is 1. The highest BCUT2D eigenvalue weighted by Gasteiger charge is 2.21. The molecule has 0 aliphatic carbocycles. The van der Waals surface area contributed by atoms with Gasteiger partial charge in [-0.25, -0.2) is 0 Å². The first-order valence-corrected chi connectivity index (χ1v) is 6.89. The van der Waals surface area contributed by atoms with Crippen molar-refractivity contribution in [2.75, 3.05) is 53.5 Å². The molecule has 0 saturated carbocycles. The average molecular weight is 264 g/mol. The Morgan fingerprint density at radius 2 is 1.89 bits per heavy atom. The van der Waals surface area contributed by atoms with Crippen LogP contribution in [0.15, 0.2) is 24.3 Å². The highest BCUT2D eigenvalue weighted by Crippen LogP contribution is 2.27. The Labute approximate surface area is 115 Å². The standard InChI is InChI=1S/C15H24N2O2/c1-16-7-9-17(10-8-16)11-13(12-18)14-5-3-4-6-15(14)19-2/h3-6,13,18H,7-12H2,1-2H3. The van der Waals surface area contributed by atoms with Crippen molar-refractivity contribution in [1.29, 1.82) is 0 Å². The van der Waals surface area contributed by atoms with Crippen LogP contribution in [0, 0.1) is 0 Å². The van der Waals surface area contributed by atoms with Gasteiger partial charge in [-0.05, 0) is 13.1 Å². The molecule has 0 spiro atoms. The first-order valence-electron chi connectivity index (χ1n) is 6.89. The summed E-state index contributed by atoms with van der Waals surface area (Å²) in [5.41, 5.74) is 1.10. The predicted octanol–water partition coefficient (Wildman–Crippen LogP) is 1.02. The lowest BCUT2D eigenvalue weighted by atomic mass is 9.98. The third-order valence-corrected chi connectivity index (χ3v) is 3.87. The van der Waals surface area contributed by atoms with Gasteiger partial charge in [0.1, 0.15) is 5.75 Å². The second-order valence-corrected chi connectivity index (χ2v) is 5.23. The first-order chi connectivity index (χ1) is 9.24. The van der Waals surface area contributed by atoms with E-state index in [1.807, 2.05) is 18.2 Å². The zero-order valence-corrected chi connectivity index (χ0v) is 11.9. The quantitative estimate of drug-likeness (QED) is 0.861. The first kappa shape index (κ1) is 14.3. The fourth-order valence-electron chi connectivity index (χ4n) is 2.60. The minimum absolute atomic E-state index is 0.125. The lowest BCUT2D eigenvalue weighted by Gasteiger charge is -2.34. The van der Waals surface area contributed by atoms with Gasteiger partial charge in [0, 0.05) is 44.2 Å². The van der Waals surface area contributed by atoms with Crippen LogP contribution in [-0.4, -0.2) is 68.4 Å². The summed E-state index contributed by atoms with van der Waals surface area (Å²) in [6.45, 7) is 5.40. The fourth-order valence-corrected chi connectivity index (χ4v) is 2.60. The lowest BCUT2D eigenvalue weighted by molar-refractivity contribution is 0.132. The molecule has 0 radical (unpaired) electrons. The van der Waals surface area contributed by atoms with Crippen LogP contribution in [0.2, 0.25) is 0 Å². The van der Waals surface area contributed by atoms with Gasteiger partial charge in [0.15, 0.2) is 0 Å². The number of rotatable bonds is 5. The summed E-state index contributed by atoms with van der Waals surface area (Å²) in [7, 11) is 3.84. The van der Waals surface area contributed by atoms with E-state index >= 15 is 0 Å². The normalized spacial score (nSPS) is 19.3. The van der Waals surface area contributed by atoms with Crippen molar-refractivity contribution in [3.8, 4) is 5.75 Å². The molecule has 19 heavy (non-hydrogen) atoms. The van der Waals surface area contributed by atoms with E-state index in [0.29, 0.717) is 0 Å². The highest BCUT2D eigenvalue weighted by atomic mass is 16.5. The molecule has 1 aromatic carbocycles. The van der Waals surface area contributed by atoms with Crippen molar-refractivity contribution in [2.24, 2.45) is 0 Å². The molecule has 1 atom stereocenters. The van der Waals surface area contributed by atoms with Gasteiger partial charge in [0.25, 0.3) is 0 Å². The molecule has 4 nitrogen and oxygen atoms in total. The van der Waals surface area contributed by atoms with Crippen LogP contribution >= 0.6 is 0 Å². The number of nitrogens with zero attached hydrogens (tertiary/aromatic N) is 2. The topological polar surface area (TPSA) is 35.9 Å². The molecular formula is C15H24N2O2. The minimum atomic E-state index is 0.125. The summed E-state index contributed by atoms with van der Waals surface area (Å²) in [6.07, 6.45) is 0. The van der Waals surface area contributed by atoms with Gasteiger partial charge in [-0.15, -0.1) is 0 Å². The maximum atomic E-state index is 9.69. The van der Waals surface area contributed by atoms with Crippen LogP contribution in [0.1, 0.15) is 11.5 Å². The largest absolute Gasteiger partial charge is 0.496 e. The van der Waals surface area contributed by atoms with Gasteiger partial charge >= 0.3 is 0 Å². The molecule has 1 heterocycles. The zero-order valence-electron chi connectivity index (χ0n) is 11.9. The van der Waals surface area contributed by atoms with E-state index < -0.39 is 0 Å². The molecule has 1 N–H and O–H groups in total. The summed E-state index contributed by atoms with van der Waals surface area (Å²) < 4.78 is 5.40. The smallest absolute Gasteiger partial charge is 0.122 e. The minimum Gasteiger partial charge on any atom is -0.496 e. The lowest BCUT2D eigenvalue weighted by Crippen LogP contribution is -2.46. The van der Waals surface area contributed by atoms with E-state index in [2.05, 4.69) is 22.9 Å². The average Bonchev–Trinajstić information content (AvgIpc) is 2.46. The number of hydrogen-bond acceptors (Lipinski definition) is 4. The van der Waals surface area contributed by atoms with E-state index in [9.17, 15) is 5.11 Å². The van der Waals surface area contributed by atoms with Gasteiger partial charge in [0.2, 0.25) is 0 Å². The number of methoxy groups -OCH3 is 1. The number of ether oxygens (including phenoxy) is 1. The van der Waals surface area contributed by atoms with Crippen LogP contribution < -0.4 is 4.74 Å². The van der Waals surface area contributed by atoms with E-state index in [1.165, 1.54) is 0 Å². The molecular weight excluding hydrogens is 240 g/mol. The molecule has 1 unspecified atom stereocenters. The molecule has 0 bridgehead atoms. The Hall–Kier alpha value is -1.10. The number of aliphatic hydroxyl groups excluding tert-OH is 1. The van der Waals surface area contributed by atoms with Crippen molar-refractivity contribution in [3.05, 3.63) is 29.8 Å². The number of aliphatic hydroxyl groups is 1. The van der Waals surface area contributed by atoms with Gasteiger partial charge in [-0.1, -0.05) is 18.2 Å². The maximum absolute atomic E-state index is 9.69. The van der Waals surface area contributed by atoms with Crippen molar-refractivity contribution < 1.29 is 9.84 Å². The second kappa shape index (κ2) is 6.89. The maximum Gasteiger partial charge on any atom is 0.122 e. The Bertz CT molecular complexity index is 389. The number of likely N-dealkylation sites (N-methyl/N-ethyl adjacent to an activating group) is 1. The van der Waals surface area contributed by atoms with Gasteiger partial charge < -0.3 is 19.6 Å².